The van der Waals surface area contributed by atoms with Gasteiger partial charge < -0.3 is 20.1 Å². The molecule has 2 unspecified atom stereocenters. The monoisotopic (exact) mass is 384 g/mol. The van der Waals surface area contributed by atoms with Gasteiger partial charge in [-0.25, -0.2) is 4.39 Å². The first-order chi connectivity index (χ1) is 12.2. The summed E-state index contributed by atoms with van der Waals surface area (Å²) in [5.74, 6) is 0.135. The molecule has 1 saturated carbocycles. The van der Waals surface area contributed by atoms with Crippen LogP contribution in [0.3, 0.4) is 0 Å². The van der Waals surface area contributed by atoms with Crippen molar-refractivity contribution in [3.63, 3.8) is 0 Å². The Balaban J connectivity index is 0.00000196. The minimum atomic E-state index is -0.382. The Kier molecular flexibility index (Phi) is 6.05. The minimum absolute atomic E-state index is 0. The highest BCUT2D eigenvalue weighted by Crippen LogP contribution is 2.58. The fraction of sp³-hybridized carbons (Fsp3) is 0.632. The van der Waals surface area contributed by atoms with Crippen LogP contribution in [0.2, 0.25) is 0 Å². The summed E-state index contributed by atoms with van der Waals surface area (Å²) >= 11 is 0. The topological polar surface area (TPSA) is 59.6 Å². The maximum absolute atomic E-state index is 13.7. The molecule has 3 aliphatic rings. The maximum Gasteiger partial charge on any atom is 0.228 e. The molecule has 1 aliphatic carbocycles. The van der Waals surface area contributed by atoms with Gasteiger partial charge >= 0.3 is 0 Å². The largest absolute Gasteiger partial charge is 0.489 e. The smallest absolute Gasteiger partial charge is 0.228 e. The number of amides is 1. The van der Waals surface area contributed by atoms with Crippen LogP contribution in [0.25, 0.3) is 0 Å². The van der Waals surface area contributed by atoms with Gasteiger partial charge in [-0.05, 0) is 62.7 Å². The first-order valence-electron chi connectivity index (χ1n) is 9.22. The summed E-state index contributed by atoms with van der Waals surface area (Å²) in [6.07, 6.45) is 5.10. The lowest BCUT2D eigenvalue weighted by atomic mass is 9.92. The fourth-order valence-electron chi connectivity index (χ4n) is 4.10. The van der Waals surface area contributed by atoms with Crippen molar-refractivity contribution in [1.29, 1.82) is 0 Å². The van der Waals surface area contributed by atoms with E-state index in [0.29, 0.717) is 18.0 Å². The van der Waals surface area contributed by atoms with Crippen molar-refractivity contribution >= 4 is 24.0 Å². The molecule has 5 nitrogen and oxygen atoms in total. The van der Waals surface area contributed by atoms with E-state index in [2.05, 4.69) is 10.6 Å². The van der Waals surface area contributed by atoms with E-state index in [9.17, 15) is 9.18 Å². The molecule has 0 aromatic heterocycles. The number of nitrogens with one attached hydrogen (secondary N) is 2. The Labute approximate surface area is 159 Å². The van der Waals surface area contributed by atoms with E-state index >= 15 is 0 Å². The predicted molar refractivity (Wildman–Crippen MR) is 99.4 cm³/mol. The molecule has 1 amide bonds. The molecule has 0 bridgehead atoms. The van der Waals surface area contributed by atoms with Gasteiger partial charge in [0.15, 0.2) is 0 Å². The summed E-state index contributed by atoms with van der Waals surface area (Å²) in [4.78, 5) is 12.6. The Hall–Kier alpha value is -1.37. The third-order valence-corrected chi connectivity index (χ3v) is 5.75. The molecular weight excluding hydrogens is 359 g/mol. The van der Waals surface area contributed by atoms with Gasteiger partial charge in [-0.2, -0.15) is 0 Å². The molecule has 1 aromatic carbocycles. The number of ether oxygens (including phenoxy) is 2. The first kappa shape index (κ1) is 19.4. The normalized spacial score (nSPS) is 26.2. The third-order valence-electron chi connectivity index (χ3n) is 5.75. The number of carbonyl (C=O) groups excluding carboxylic acids is 1. The second-order valence-corrected chi connectivity index (χ2v) is 7.44. The molecule has 1 aromatic rings. The Morgan fingerprint density at radius 1 is 1.38 bits per heavy atom. The number of anilines is 1. The average Bonchev–Trinajstić information content (AvgIpc) is 3.05. The minimum Gasteiger partial charge on any atom is -0.489 e. The van der Waals surface area contributed by atoms with Gasteiger partial charge in [0.25, 0.3) is 0 Å². The molecule has 2 saturated heterocycles. The lowest BCUT2D eigenvalue weighted by molar-refractivity contribution is -0.118. The maximum atomic E-state index is 13.7. The molecule has 2 aliphatic heterocycles. The summed E-state index contributed by atoms with van der Waals surface area (Å²) in [6.45, 7) is 3.13. The van der Waals surface area contributed by atoms with Gasteiger partial charge in [-0.1, -0.05) is 0 Å². The van der Waals surface area contributed by atoms with E-state index in [0.717, 1.165) is 51.8 Å². The Morgan fingerprint density at radius 2 is 2.19 bits per heavy atom. The van der Waals surface area contributed by atoms with Crippen LogP contribution in [0.5, 0.6) is 5.75 Å². The number of benzene rings is 1. The van der Waals surface area contributed by atoms with Crippen molar-refractivity contribution in [3.05, 3.63) is 24.0 Å². The quantitative estimate of drug-likeness (QED) is 0.818. The number of rotatable bonds is 5. The molecule has 1 spiro atoms. The molecule has 0 radical (unpaired) electrons. The van der Waals surface area contributed by atoms with Crippen LogP contribution in [0.1, 0.15) is 32.1 Å². The van der Waals surface area contributed by atoms with Crippen LogP contribution in [0.4, 0.5) is 10.1 Å². The third kappa shape index (κ3) is 4.13. The summed E-state index contributed by atoms with van der Waals surface area (Å²) in [5, 5.41) is 6.23. The zero-order valence-corrected chi connectivity index (χ0v) is 15.6. The number of hydrogen-bond acceptors (Lipinski definition) is 4. The first-order valence-corrected chi connectivity index (χ1v) is 9.22. The molecule has 144 valence electrons. The van der Waals surface area contributed by atoms with Crippen LogP contribution in [-0.4, -0.2) is 38.3 Å². The molecule has 3 fully saturated rings. The van der Waals surface area contributed by atoms with Crippen LogP contribution >= 0.6 is 12.4 Å². The van der Waals surface area contributed by atoms with E-state index in [1.807, 2.05) is 0 Å². The Bertz CT molecular complexity index is 646. The lowest BCUT2D eigenvalue weighted by Gasteiger charge is -2.23. The SMILES string of the molecule is Cl.O=C(Nc1cc(F)ccc1OCC1CCCO1)C1CC12CCNCC2. The standard InChI is InChI=1S/C19H25FN2O3.ClH/c20-13-3-4-17(25-12-14-2-1-9-24-14)16(10-13)22-18(23)15-11-19(15)5-7-21-8-6-19;/h3-4,10,14-15,21H,1-2,5-9,11-12H2,(H,22,23);1H. The van der Waals surface area contributed by atoms with Crippen LogP contribution < -0.4 is 15.4 Å². The second kappa shape index (κ2) is 8.11. The number of hydrogen-bond donors (Lipinski definition) is 2. The van der Waals surface area contributed by atoms with E-state index < -0.39 is 0 Å². The van der Waals surface area contributed by atoms with Crippen LogP contribution in [0, 0.1) is 17.2 Å². The van der Waals surface area contributed by atoms with Crippen molar-refractivity contribution in [2.45, 2.75) is 38.2 Å². The molecule has 2 atom stereocenters. The molecule has 2 heterocycles. The molecule has 2 N–H and O–H groups in total. The van der Waals surface area contributed by atoms with E-state index in [1.165, 1.54) is 12.1 Å². The summed E-state index contributed by atoms with van der Waals surface area (Å²) in [5.41, 5.74) is 0.570. The fourth-order valence-corrected chi connectivity index (χ4v) is 4.10. The van der Waals surface area contributed by atoms with Gasteiger partial charge in [-0.3, -0.25) is 4.79 Å². The second-order valence-electron chi connectivity index (χ2n) is 7.44. The van der Waals surface area contributed by atoms with Crippen LogP contribution in [-0.2, 0) is 9.53 Å². The van der Waals surface area contributed by atoms with Gasteiger partial charge in [-0.15, -0.1) is 12.4 Å². The highest BCUT2D eigenvalue weighted by molar-refractivity contribution is 5.96. The average molecular weight is 385 g/mol. The van der Waals surface area contributed by atoms with Crippen molar-refractivity contribution in [1.82, 2.24) is 5.32 Å². The predicted octanol–water partition coefficient (Wildman–Crippen LogP) is 3.13. The summed E-state index contributed by atoms with van der Waals surface area (Å²) in [6, 6.07) is 4.26. The molecule has 4 rings (SSSR count). The molecule has 7 heteroatoms. The number of piperidine rings is 1. The number of carbonyl (C=O) groups is 1. The van der Waals surface area contributed by atoms with E-state index in [-0.39, 0.29) is 41.6 Å². The van der Waals surface area contributed by atoms with E-state index in [1.54, 1.807) is 6.07 Å². The van der Waals surface area contributed by atoms with Gasteiger partial charge in [0.1, 0.15) is 18.2 Å². The van der Waals surface area contributed by atoms with Gasteiger partial charge in [0.05, 0.1) is 11.8 Å². The highest BCUT2D eigenvalue weighted by Gasteiger charge is 2.57. The highest BCUT2D eigenvalue weighted by atomic mass is 35.5. The molecule has 26 heavy (non-hydrogen) atoms. The summed E-state index contributed by atoms with van der Waals surface area (Å²) in [7, 11) is 0. The number of halogens is 2. The van der Waals surface area contributed by atoms with Crippen molar-refractivity contribution in [2.24, 2.45) is 11.3 Å². The Morgan fingerprint density at radius 3 is 2.92 bits per heavy atom. The zero-order valence-electron chi connectivity index (χ0n) is 14.8. The van der Waals surface area contributed by atoms with Crippen LogP contribution in [0.15, 0.2) is 18.2 Å². The lowest BCUT2D eigenvalue weighted by Crippen LogP contribution is -2.31. The van der Waals surface area contributed by atoms with Crippen molar-refractivity contribution in [2.75, 3.05) is 31.6 Å². The summed E-state index contributed by atoms with van der Waals surface area (Å²) < 4.78 is 25.0. The van der Waals surface area contributed by atoms with E-state index in [4.69, 9.17) is 9.47 Å². The van der Waals surface area contributed by atoms with Crippen molar-refractivity contribution < 1.29 is 18.7 Å². The molecular formula is C19H26ClFN2O3. The van der Waals surface area contributed by atoms with Crippen molar-refractivity contribution in [3.8, 4) is 5.75 Å². The van der Waals surface area contributed by atoms with Gasteiger partial charge in [0.2, 0.25) is 5.91 Å². The zero-order chi connectivity index (χ0) is 17.3. The van der Waals surface area contributed by atoms with Gasteiger partial charge in [0, 0.05) is 18.6 Å².